The third-order valence-electron chi connectivity index (χ3n) is 3.18. The van der Waals surface area contributed by atoms with Crippen LogP contribution in [0.4, 0.5) is 9.93 Å². The summed E-state index contributed by atoms with van der Waals surface area (Å²) in [7, 11) is -3.19. The summed E-state index contributed by atoms with van der Waals surface area (Å²) in [6.45, 7) is 3.38. The Balaban J connectivity index is 1.86. The van der Waals surface area contributed by atoms with Crippen molar-refractivity contribution in [2.75, 3.05) is 31.2 Å². The molecule has 1 saturated heterocycles. The number of rotatable bonds is 4. The minimum Gasteiger partial charge on any atom is -0.324 e. The van der Waals surface area contributed by atoms with Crippen LogP contribution in [0.25, 0.3) is 0 Å². The van der Waals surface area contributed by atoms with E-state index >= 15 is 0 Å². The summed E-state index contributed by atoms with van der Waals surface area (Å²) in [5.41, 5.74) is 0. The van der Waals surface area contributed by atoms with E-state index in [4.69, 9.17) is 0 Å². The Hall–Kier alpha value is -1.26. The lowest BCUT2D eigenvalue weighted by molar-refractivity contribution is 0.178. The van der Waals surface area contributed by atoms with Crippen molar-refractivity contribution in [3.63, 3.8) is 0 Å². The molecule has 1 aliphatic rings. The van der Waals surface area contributed by atoms with Gasteiger partial charge in [0.15, 0.2) is 0 Å². The normalized spacial score (nSPS) is 19.5. The first-order chi connectivity index (χ1) is 9.83. The topological polar surface area (TPSA) is 104 Å². The fraction of sp³-hybridized carbons (Fsp3) is 0.727. The molecule has 1 fully saturated rings. The quantitative estimate of drug-likeness (QED) is 0.841. The molecule has 118 valence electrons. The highest BCUT2D eigenvalue weighted by atomic mass is 32.2. The van der Waals surface area contributed by atoms with Crippen LogP contribution >= 0.6 is 11.3 Å². The first-order valence-corrected chi connectivity index (χ1v) is 9.35. The van der Waals surface area contributed by atoms with E-state index in [0.29, 0.717) is 24.8 Å². The van der Waals surface area contributed by atoms with Crippen molar-refractivity contribution >= 4 is 32.5 Å². The maximum atomic E-state index is 12.1. The van der Waals surface area contributed by atoms with E-state index in [1.807, 2.05) is 6.92 Å². The van der Waals surface area contributed by atoms with Gasteiger partial charge in [0.2, 0.25) is 15.2 Å². The summed E-state index contributed by atoms with van der Waals surface area (Å²) in [5, 5.41) is 11.7. The predicted octanol–water partition coefficient (Wildman–Crippen LogP) is 0.640. The molecule has 2 heterocycles. The number of hydrogen-bond donors (Lipinski definition) is 2. The van der Waals surface area contributed by atoms with Crippen molar-refractivity contribution in [2.24, 2.45) is 5.92 Å². The van der Waals surface area contributed by atoms with Gasteiger partial charge in [0.05, 0.1) is 6.26 Å². The first kappa shape index (κ1) is 16.1. The largest absolute Gasteiger partial charge is 0.324 e. The molecular formula is C11H19N5O3S2. The number of urea groups is 1. The number of carbonyl (C=O) groups is 1. The Morgan fingerprint density at radius 3 is 2.86 bits per heavy atom. The van der Waals surface area contributed by atoms with E-state index in [0.717, 1.165) is 24.1 Å². The highest BCUT2D eigenvalue weighted by molar-refractivity contribution is 7.88. The van der Waals surface area contributed by atoms with Gasteiger partial charge in [0, 0.05) is 19.6 Å². The SMILES string of the molecule is Cc1nnc(NC(=O)N2CCC[C@@H](CNS(C)(=O)=O)C2)s1. The number of amides is 2. The highest BCUT2D eigenvalue weighted by Gasteiger charge is 2.24. The maximum Gasteiger partial charge on any atom is 0.323 e. The fourth-order valence-electron chi connectivity index (χ4n) is 2.20. The van der Waals surface area contributed by atoms with Crippen molar-refractivity contribution in [2.45, 2.75) is 19.8 Å². The van der Waals surface area contributed by atoms with Crippen molar-refractivity contribution in [1.29, 1.82) is 0 Å². The van der Waals surface area contributed by atoms with Gasteiger partial charge in [-0.05, 0) is 25.7 Å². The summed E-state index contributed by atoms with van der Waals surface area (Å²) in [6.07, 6.45) is 2.90. The first-order valence-electron chi connectivity index (χ1n) is 6.64. The Kier molecular flexibility index (Phi) is 5.12. The van der Waals surface area contributed by atoms with Gasteiger partial charge in [-0.25, -0.2) is 17.9 Å². The van der Waals surface area contributed by atoms with Crippen LogP contribution in [-0.4, -0.2) is 55.4 Å². The molecular weight excluding hydrogens is 314 g/mol. The lowest BCUT2D eigenvalue weighted by Crippen LogP contribution is -2.45. The van der Waals surface area contributed by atoms with Gasteiger partial charge in [0.25, 0.3) is 0 Å². The highest BCUT2D eigenvalue weighted by Crippen LogP contribution is 2.19. The van der Waals surface area contributed by atoms with Gasteiger partial charge < -0.3 is 4.90 Å². The van der Waals surface area contributed by atoms with Crippen molar-refractivity contribution in [3.05, 3.63) is 5.01 Å². The number of aryl methyl sites for hydroxylation is 1. The van der Waals surface area contributed by atoms with Gasteiger partial charge in [-0.1, -0.05) is 11.3 Å². The lowest BCUT2D eigenvalue weighted by Gasteiger charge is -2.32. The summed E-state index contributed by atoms with van der Waals surface area (Å²) in [5.74, 6) is 0.135. The van der Waals surface area contributed by atoms with Gasteiger partial charge >= 0.3 is 6.03 Å². The number of nitrogens with zero attached hydrogens (tertiary/aromatic N) is 3. The minimum absolute atomic E-state index is 0.135. The van der Waals surface area contributed by atoms with Crippen molar-refractivity contribution in [3.8, 4) is 0 Å². The van der Waals surface area contributed by atoms with Crippen LogP contribution < -0.4 is 10.0 Å². The van der Waals surface area contributed by atoms with E-state index in [2.05, 4.69) is 20.2 Å². The molecule has 1 aliphatic heterocycles. The second kappa shape index (κ2) is 6.67. The van der Waals surface area contributed by atoms with Crippen LogP contribution in [0.1, 0.15) is 17.8 Å². The molecule has 21 heavy (non-hydrogen) atoms. The molecule has 0 aliphatic carbocycles. The van der Waals surface area contributed by atoms with Gasteiger partial charge in [0.1, 0.15) is 5.01 Å². The zero-order chi connectivity index (χ0) is 15.5. The third-order valence-corrected chi connectivity index (χ3v) is 4.63. The average Bonchev–Trinajstić information content (AvgIpc) is 2.81. The van der Waals surface area contributed by atoms with Crippen molar-refractivity contribution < 1.29 is 13.2 Å². The van der Waals surface area contributed by atoms with E-state index in [1.165, 1.54) is 11.3 Å². The second-order valence-electron chi connectivity index (χ2n) is 5.13. The number of carbonyl (C=O) groups excluding carboxylic acids is 1. The second-order valence-corrected chi connectivity index (χ2v) is 8.15. The van der Waals surface area contributed by atoms with Crippen LogP contribution in [0.3, 0.4) is 0 Å². The monoisotopic (exact) mass is 333 g/mol. The van der Waals surface area contributed by atoms with Crippen LogP contribution in [0, 0.1) is 12.8 Å². The van der Waals surface area contributed by atoms with Crippen molar-refractivity contribution in [1.82, 2.24) is 19.8 Å². The minimum atomic E-state index is -3.19. The molecule has 2 rings (SSSR count). The molecule has 0 unspecified atom stereocenters. The number of piperidine rings is 1. The number of likely N-dealkylation sites (tertiary alicyclic amines) is 1. The number of sulfonamides is 1. The zero-order valence-electron chi connectivity index (χ0n) is 12.0. The number of anilines is 1. The molecule has 1 atom stereocenters. The third kappa shape index (κ3) is 5.21. The summed E-state index contributed by atoms with van der Waals surface area (Å²) >= 11 is 1.32. The number of aromatic nitrogens is 2. The van der Waals surface area contributed by atoms with E-state index in [9.17, 15) is 13.2 Å². The average molecular weight is 333 g/mol. The summed E-state index contributed by atoms with van der Waals surface area (Å²) < 4.78 is 24.7. The summed E-state index contributed by atoms with van der Waals surface area (Å²) in [6, 6.07) is -0.213. The molecule has 1 aromatic heterocycles. The predicted molar refractivity (Wildman–Crippen MR) is 80.8 cm³/mol. The van der Waals surface area contributed by atoms with Gasteiger partial charge in [-0.2, -0.15) is 0 Å². The molecule has 0 radical (unpaired) electrons. The number of nitrogens with one attached hydrogen (secondary N) is 2. The molecule has 2 N–H and O–H groups in total. The number of hydrogen-bond acceptors (Lipinski definition) is 6. The zero-order valence-corrected chi connectivity index (χ0v) is 13.6. The summed E-state index contributed by atoms with van der Waals surface area (Å²) in [4.78, 5) is 13.8. The van der Waals surface area contributed by atoms with Crippen LogP contribution in [0.2, 0.25) is 0 Å². The van der Waals surface area contributed by atoms with E-state index in [-0.39, 0.29) is 11.9 Å². The molecule has 0 saturated carbocycles. The molecule has 1 aromatic rings. The van der Waals surface area contributed by atoms with Gasteiger partial charge in [-0.15, -0.1) is 10.2 Å². The molecule has 8 nitrogen and oxygen atoms in total. The lowest BCUT2D eigenvalue weighted by atomic mass is 9.99. The maximum absolute atomic E-state index is 12.1. The molecule has 2 amide bonds. The molecule has 0 spiro atoms. The Labute approximate surface area is 128 Å². The standard InChI is InChI=1S/C11H19N5O3S2/c1-8-14-15-10(20-8)13-11(17)16-5-3-4-9(7-16)6-12-21(2,18)19/h9,12H,3-7H2,1-2H3,(H,13,15,17)/t9-/m0/s1. The van der Waals surface area contributed by atoms with Crippen LogP contribution in [0.15, 0.2) is 0 Å². The van der Waals surface area contributed by atoms with Crippen LogP contribution in [-0.2, 0) is 10.0 Å². The van der Waals surface area contributed by atoms with E-state index < -0.39 is 10.0 Å². The Bertz CT molecular complexity index is 601. The fourth-order valence-corrected chi connectivity index (χ4v) is 3.32. The smallest absolute Gasteiger partial charge is 0.323 e. The molecule has 10 heteroatoms. The van der Waals surface area contributed by atoms with E-state index in [1.54, 1.807) is 4.90 Å². The van der Waals surface area contributed by atoms with Gasteiger partial charge in [-0.3, -0.25) is 5.32 Å². The molecule has 0 aromatic carbocycles. The Morgan fingerprint density at radius 2 is 2.24 bits per heavy atom. The molecule has 0 bridgehead atoms. The van der Waals surface area contributed by atoms with Crippen LogP contribution in [0.5, 0.6) is 0 Å². The Morgan fingerprint density at radius 1 is 1.48 bits per heavy atom.